The Hall–Kier alpha value is -3.81. The molecule has 0 fully saturated rings. The molecule has 1 aliphatic heterocycles. The highest BCUT2D eigenvalue weighted by Crippen LogP contribution is 2.39. The van der Waals surface area contributed by atoms with E-state index in [0.717, 1.165) is 16.7 Å². The highest BCUT2D eigenvalue weighted by atomic mass is 35.5. The van der Waals surface area contributed by atoms with Gasteiger partial charge in [-0.15, -0.1) is 5.10 Å². The number of anilines is 2. The number of benzene rings is 3. The smallest absolute Gasteiger partial charge is 0.255 e. The standard InChI is InChI=1S/C27H23Cl2N5O2/c1-15-8-4-5-9-18(15)25-32-27-30-16(2)23(26(35)31-21-10-6-7-11-22(21)36-3)24(34(27)33-25)17-12-13-19(28)20(29)14-17/h4-14,24H,1-3H3,(H,31,35)(H,30,32,33). The average molecular weight is 520 g/mol. The number of fused-ring (bicyclic) bond motifs is 1. The molecule has 2 N–H and O–H groups in total. The first-order valence-electron chi connectivity index (χ1n) is 11.3. The second kappa shape index (κ2) is 9.68. The van der Waals surface area contributed by atoms with Crippen molar-refractivity contribution >= 4 is 40.7 Å². The Balaban J connectivity index is 1.63. The van der Waals surface area contributed by atoms with E-state index in [1.165, 1.54) is 0 Å². The first-order valence-corrected chi connectivity index (χ1v) is 12.0. The van der Waals surface area contributed by atoms with Crippen LogP contribution in [0, 0.1) is 6.92 Å². The summed E-state index contributed by atoms with van der Waals surface area (Å²) in [6.07, 6.45) is 0. The maximum Gasteiger partial charge on any atom is 0.255 e. The minimum absolute atomic E-state index is 0.306. The third-order valence-electron chi connectivity index (χ3n) is 6.10. The fourth-order valence-corrected chi connectivity index (χ4v) is 4.62. The molecular formula is C27H23Cl2N5O2. The van der Waals surface area contributed by atoms with Crippen LogP contribution in [0.4, 0.5) is 11.6 Å². The van der Waals surface area contributed by atoms with Crippen molar-refractivity contribution < 1.29 is 9.53 Å². The lowest BCUT2D eigenvalue weighted by Crippen LogP contribution is -2.31. The number of rotatable bonds is 5. The monoisotopic (exact) mass is 519 g/mol. The molecule has 1 aliphatic rings. The number of para-hydroxylation sites is 2. The summed E-state index contributed by atoms with van der Waals surface area (Å²) in [6, 6.07) is 19.9. The van der Waals surface area contributed by atoms with Crippen molar-refractivity contribution in [2.24, 2.45) is 0 Å². The topological polar surface area (TPSA) is 81.1 Å². The summed E-state index contributed by atoms with van der Waals surface area (Å²) < 4.78 is 7.13. The molecule has 1 unspecified atom stereocenters. The highest BCUT2D eigenvalue weighted by molar-refractivity contribution is 6.42. The second-order valence-electron chi connectivity index (χ2n) is 8.41. The third-order valence-corrected chi connectivity index (χ3v) is 6.84. The van der Waals surface area contributed by atoms with E-state index in [9.17, 15) is 4.79 Å². The van der Waals surface area contributed by atoms with Crippen LogP contribution in [0.15, 0.2) is 78.0 Å². The summed E-state index contributed by atoms with van der Waals surface area (Å²) in [5.41, 5.74) is 4.38. The molecule has 5 rings (SSSR count). The normalized spacial score (nSPS) is 14.8. The Bertz CT molecular complexity index is 1510. The number of methoxy groups -OCH3 is 1. The van der Waals surface area contributed by atoms with Gasteiger partial charge in [-0.05, 0) is 49.2 Å². The van der Waals surface area contributed by atoms with Gasteiger partial charge in [0.05, 0.1) is 28.4 Å². The molecule has 1 amide bonds. The van der Waals surface area contributed by atoms with Crippen LogP contribution in [0.25, 0.3) is 11.4 Å². The van der Waals surface area contributed by atoms with Gasteiger partial charge in [-0.3, -0.25) is 4.79 Å². The fourth-order valence-electron chi connectivity index (χ4n) is 4.31. The Labute approximate surface area is 218 Å². The van der Waals surface area contributed by atoms with E-state index < -0.39 is 6.04 Å². The molecule has 182 valence electrons. The Kier molecular flexibility index (Phi) is 6.43. The first kappa shape index (κ1) is 23.9. The molecule has 9 heteroatoms. The second-order valence-corrected chi connectivity index (χ2v) is 9.23. The molecule has 7 nitrogen and oxygen atoms in total. The zero-order valence-electron chi connectivity index (χ0n) is 19.8. The van der Waals surface area contributed by atoms with E-state index in [4.69, 9.17) is 38.0 Å². The molecule has 0 aliphatic carbocycles. The van der Waals surface area contributed by atoms with E-state index in [1.807, 2.05) is 56.3 Å². The number of carbonyl (C=O) groups is 1. The maximum atomic E-state index is 13.7. The number of hydrogen-bond acceptors (Lipinski definition) is 5. The lowest BCUT2D eigenvalue weighted by molar-refractivity contribution is -0.113. The van der Waals surface area contributed by atoms with Crippen molar-refractivity contribution in [3.8, 4) is 17.1 Å². The van der Waals surface area contributed by atoms with Gasteiger partial charge in [-0.1, -0.05) is 65.7 Å². The van der Waals surface area contributed by atoms with Crippen LogP contribution in [-0.2, 0) is 4.79 Å². The maximum absolute atomic E-state index is 13.7. The number of aromatic nitrogens is 3. The summed E-state index contributed by atoms with van der Waals surface area (Å²) >= 11 is 12.6. The van der Waals surface area contributed by atoms with Crippen molar-refractivity contribution in [1.82, 2.24) is 14.8 Å². The van der Waals surface area contributed by atoms with Gasteiger partial charge < -0.3 is 15.4 Å². The first-order chi connectivity index (χ1) is 17.4. The number of halogens is 2. The van der Waals surface area contributed by atoms with E-state index in [1.54, 1.807) is 36.1 Å². The van der Waals surface area contributed by atoms with Gasteiger partial charge in [0.1, 0.15) is 11.8 Å². The third kappa shape index (κ3) is 4.32. The van der Waals surface area contributed by atoms with Crippen molar-refractivity contribution in [3.05, 3.63) is 99.2 Å². The number of hydrogen-bond donors (Lipinski definition) is 2. The fraction of sp³-hybridized carbons (Fsp3) is 0.148. The predicted octanol–water partition coefficient (Wildman–Crippen LogP) is 6.50. The predicted molar refractivity (Wildman–Crippen MR) is 143 cm³/mol. The van der Waals surface area contributed by atoms with Crippen LogP contribution < -0.4 is 15.4 Å². The number of nitrogens with zero attached hydrogens (tertiary/aromatic N) is 3. The van der Waals surface area contributed by atoms with Crippen LogP contribution >= 0.6 is 23.2 Å². The minimum Gasteiger partial charge on any atom is -0.495 e. The van der Waals surface area contributed by atoms with E-state index >= 15 is 0 Å². The number of allylic oxidation sites excluding steroid dienone is 1. The van der Waals surface area contributed by atoms with Crippen LogP contribution in [0.2, 0.25) is 10.0 Å². The molecule has 0 saturated carbocycles. The van der Waals surface area contributed by atoms with Gasteiger partial charge in [-0.25, -0.2) is 4.68 Å². The van der Waals surface area contributed by atoms with Crippen LogP contribution in [0.5, 0.6) is 5.75 Å². The number of carbonyl (C=O) groups excluding carboxylic acids is 1. The minimum atomic E-state index is -0.601. The lowest BCUT2D eigenvalue weighted by atomic mass is 9.95. The molecule has 2 heterocycles. The van der Waals surface area contributed by atoms with Gasteiger partial charge in [0.15, 0.2) is 5.82 Å². The molecule has 0 saturated heterocycles. The molecule has 0 spiro atoms. The van der Waals surface area contributed by atoms with Crippen molar-refractivity contribution in [1.29, 1.82) is 0 Å². The van der Waals surface area contributed by atoms with E-state index in [-0.39, 0.29) is 5.91 Å². The quantitative estimate of drug-likeness (QED) is 0.314. The van der Waals surface area contributed by atoms with Crippen molar-refractivity contribution in [2.75, 3.05) is 17.7 Å². The van der Waals surface area contributed by atoms with Gasteiger partial charge in [0, 0.05) is 11.3 Å². The summed E-state index contributed by atoms with van der Waals surface area (Å²) in [7, 11) is 1.56. The summed E-state index contributed by atoms with van der Waals surface area (Å²) in [4.78, 5) is 18.5. The highest BCUT2D eigenvalue weighted by Gasteiger charge is 2.35. The SMILES string of the molecule is COc1ccccc1NC(=O)C1=C(C)Nc2nc(-c3ccccc3C)nn2C1c1ccc(Cl)c(Cl)c1. The Morgan fingerprint density at radius 3 is 2.53 bits per heavy atom. The van der Waals surface area contributed by atoms with Crippen LogP contribution in [0.1, 0.15) is 24.1 Å². The summed E-state index contributed by atoms with van der Waals surface area (Å²) in [5.74, 6) is 1.33. The van der Waals surface area contributed by atoms with Crippen molar-refractivity contribution in [3.63, 3.8) is 0 Å². The van der Waals surface area contributed by atoms with Gasteiger partial charge >= 0.3 is 0 Å². The van der Waals surface area contributed by atoms with Gasteiger partial charge in [0.2, 0.25) is 5.95 Å². The van der Waals surface area contributed by atoms with E-state index in [2.05, 4.69) is 10.6 Å². The largest absolute Gasteiger partial charge is 0.495 e. The lowest BCUT2D eigenvalue weighted by Gasteiger charge is -2.29. The number of aryl methyl sites for hydroxylation is 1. The molecule has 0 radical (unpaired) electrons. The molecule has 4 aromatic rings. The van der Waals surface area contributed by atoms with Gasteiger partial charge in [0.25, 0.3) is 5.91 Å². The van der Waals surface area contributed by atoms with Crippen LogP contribution in [0.3, 0.4) is 0 Å². The molecule has 36 heavy (non-hydrogen) atoms. The van der Waals surface area contributed by atoms with E-state index in [0.29, 0.717) is 44.5 Å². The zero-order valence-corrected chi connectivity index (χ0v) is 21.4. The molecule has 0 bridgehead atoms. The molecule has 3 aromatic carbocycles. The zero-order chi connectivity index (χ0) is 25.4. The Morgan fingerprint density at radius 1 is 1.03 bits per heavy atom. The van der Waals surface area contributed by atoms with Crippen molar-refractivity contribution in [2.45, 2.75) is 19.9 Å². The van der Waals surface area contributed by atoms with Crippen LogP contribution in [-0.4, -0.2) is 27.8 Å². The molecule has 1 atom stereocenters. The number of amides is 1. The summed E-state index contributed by atoms with van der Waals surface area (Å²) in [5, 5.41) is 11.9. The molecule has 1 aromatic heterocycles. The average Bonchev–Trinajstić information content (AvgIpc) is 3.28. The summed E-state index contributed by atoms with van der Waals surface area (Å²) in [6.45, 7) is 3.85. The Morgan fingerprint density at radius 2 is 1.78 bits per heavy atom. The van der Waals surface area contributed by atoms with Gasteiger partial charge in [-0.2, -0.15) is 4.98 Å². The number of ether oxygens (including phenoxy) is 1. The molecular weight excluding hydrogens is 497 g/mol. The number of nitrogens with one attached hydrogen (secondary N) is 2.